The van der Waals surface area contributed by atoms with Gasteiger partial charge in [-0.05, 0) is 24.6 Å². The van der Waals surface area contributed by atoms with Crippen LogP contribution in [0.1, 0.15) is 18.5 Å². The molecule has 0 radical (unpaired) electrons. The highest BCUT2D eigenvalue weighted by atomic mass is 19.4. The second kappa shape index (κ2) is 6.55. The molecule has 1 unspecified atom stereocenters. The lowest BCUT2D eigenvalue weighted by Gasteiger charge is -2.19. The highest BCUT2D eigenvalue weighted by molar-refractivity contribution is 5.82. The van der Waals surface area contributed by atoms with Gasteiger partial charge in [0.15, 0.2) is 11.5 Å². The molecule has 0 spiro atoms. The summed E-state index contributed by atoms with van der Waals surface area (Å²) in [7, 11) is 4.19. The van der Waals surface area contributed by atoms with Crippen LogP contribution in [0.3, 0.4) is 0 Å². The summed E-state index contributed by atoms with van der Waals surface area (Å²) in [5.74, 6) is -1.11. The van der Waals surface area contributed by atoms with Crippen molar-refractivity contribution in [3.63, 3.8) is 0 Å². The Morgan fingerprint density at radius 2 is 1.57 bits per heavy atom. The first-order chi connectivity index (χ1) is 9.74. The molecular weight excluding hydrogens is 291 g/mol. The van der Waals surface area contributed by atoms with Gasteiger partial charge in [-0.15, -0.1) is 0 Å². The van der Waals surface area contributed by atoms with Crippen molar-refractivity contribution in [2.45, 2.75) is 19.1 Å². The molecule has 0 heterocycles. The summed E-state index contributed by atoms with van der Waals surface area (Å²) < 4.78 is 52.1. The van der Waals surface area contributed by atoms with E-state index in [1.165, 1.54) is 40.4 Å². The number of benzene rings is 1. The Kier molecular flexibility index (Phi) is 5.28. The zero-order valence-corrected chi connectivity index (χ0v) is 12.0. The minimum atomic E-state index is -4.94. The van der Waals surface area contributed by atoms with Crippen LogP contribution >= 0.6 is 0 Å². The molecule has 8 heteroatoms. The van der Waals surface area contributed by atoms with Gasteiger partial charge in [-0.3, -0.25) is 4.79 Å². The van der Waals surface area contributed by atoms with Crippen LogP contribution in [0.2, 0.25) is 0 Å². The Bertz CT molecular complexity index is 492. The number of carbonyl (C=O) groups excluding carboxylic acids is 1. The largest absolute Gasteiger partial charge is 0.493 e. The predicted molar refractivity (Wildman–Crippen MR) is 68.7 cm³/mol. The lowest BCUT2D eigenvalue weighted by atomic mass is 10.1. The fourth-order valence-corrected chi connectivity index (χ4v) is 1.71. The van der Waals surface area contributed by atoms with E-state index in [1.54, 1.807) is 0 Å². The molecule has 1 aromatic rings. The molecule has 0 saturated heterocycles. The topological polar surface area (TPSA) is 56.8 Å². The van der Waals surface area contributed by atoms with Crippen LogP contribution in [0.4, 0.5) is 13.2 Å². The third-order valence-electron chi connectivity index (χ3n) is 2.79. The normalized spacial score (nSPS) is 12.5. The van der Waals surface area contributed by atoms with Crippen molar-refractivity contribution in [1.29, 1.82) is 0 Å². The van der Waals surface area contributed by atoms with Gasteiger partial charge in [0.25, 0.3) is 0 Å². The average Bonchev–Trinajstić information content (AvgIpc) is 2.44. The van der Waals surface area contributed by atoms with E-state index >= 15 is 0 Å². The molecule has 0 aromatic heterocycles. The van der Waals surface area contributed by atoms with Gasteiger partial charge in [-0.25, -0.2) is 0 Å². The fourth-order valence-electron chi connectivity index (χ4n) is 1.71. The summed E-state index contributed by atoms with van der Waals surface area (Å²) in [6.45, 7) is 1.42. The molecule has 0 aliphatic carbocycles. The van der Waals surface area contributed by atoms with Crippen molar-refractivity contribution in [2.75, 3.05) is 21.3 Å². The summed E-state index contributed by atoms with van der Waals surface area (Å²) in [4.78, 5) is 11.0. The van der Waals surface area contributed by atoms with Crippen LogP contribution in [0.25, 0.3) is 0 Å². The first-order valence-electron chi connectivity index (χ1n) is 5.92. The molecule has 0 fully saturated rings. The predicted octanol–water partition coefficient (Wildman–Crippen LogP) is 2.45. The van der Waals surface area contributed by atoms with Gasteiger partial charge in [-0.1, -0.05) is 0 Å². The van der Waals surface area contributed by atoms with E-state index in [-0.39, 0.29) is 0 Å². The van der Waals surface area contributed by atoms with Crippen LogP contribution in [0.15, 0.2) is 12.1 Å². The molecule has 1 rings (SSSR count). The van der Waals surface area contributed by atoms with Crippen molar-refractivity contribution < 1.29 is 32.2 Å². The standard InChI is InChI=1S/C13H16F3NO4/c1-7(17-12(18)13(14,15)16)8-5-9(19-2)11(21-4)10(6-8)20-3/h5-7H,1-4H3,(H,17,18). The van der Waals surface area contributed by atoms with E-state index in [0.29, 0.717) is 22.8 Å². The summed E-state index contributed by atoms with van der Waals surface area (Å²) in [6, 6.07) is 2.07. The number of carbonyl (C=O) groups is 1. The number of hydrogen-bond acceptors (Lipinski definition) is 4. The van der Waals surface area contributed by atoms with Gasteiger partial charge < -0.3 is 19.5 Å². The lowest BCUT2D eigenvalue weighted by molar-refractivity contribution is -0.174. The van der Waals surface area contributed by atoms with Gasteiger partial charge in [-0.2, -0.15) is 13.2 Å². The van der Waals surface area contributed by atoms with E-state index in [2.05, 4.69) is 0 Å². The Labute approximate surface area is 120 Å². The Morgan fingerprint density at radius 3 is 1.90 bits per heavy atom. The van der Waals surface area contributed by atoms with Gasteiger partial charge in [0.05, 0.1) is 27.4 Å². The zero-order chi connectivity index (χ0) is 16.2. The molecule has 21 heavy (non-hydrogen) atoms. The molecule has 1 N–H and O–H groups in total. The maximum absolute atomic E-state index is 12.3. The van der Waals surface area contributed by atoms with Gasteiger partial charge in [0, 0.05) is 0 Å². The quantitative estimate of drug-likeness (QED) is 0.908. The van der Waals surface area contributed by atoms with E-state index in [4.69, 9.17) is 14.2 Å². The van der Waals surface area contributed by atoms with Crippen LogP contribution in [-0.4, -0.2) is 33.4 Å². The Balaban J connectivity index is 3.10. The summed E-state index contributed by atoms with van der Waals surface area (Å²) in [5, 5.41) is 1.86. The number of rotatable bonds is 5. The van der Waals surface area contributed by atoms with Crippen LogP contribution in [-0.2, 0) is 4.79 Å². The third-order valence-corrected chi connectivity index (χ3v) is 2.79. The first-order valence-corrected chi connectivity index (χ1v) is 5.92. The van der Waals surface area contributed by atoms with Gasteiger partial charge in [0.2, 0.25) is 5.75 Å². The van der Waals surface area contributed by atoms with Crippen molar-refractivity contribution in [1.82, 2.24) is 5.32 Å². The van der Waals surface area contributed by atoms with Crippen molar-refractivity contribution in [2.24, 2.45) is 0 Å². The van der Waals surface area contributed by atoms with E-state index in [1.807, 2.05) is 5.32 Å². The number of alkyl halides is 3. The number of methoxy groups -OCH3 is 3. The van der Waals surface area contributed by atoms with Crippen LogP contribution < -0.4 is 19.5 Å². The summed E-state index contributed by atoms with van der Waals surface area (Å²) in [5.41, 5.74) is 0.391. The van der Waals surface area contributed by atoms with Crippen molar-refractivity contribution >= 4 is 5.91 Å². The lowest BCUT2D eigenvalue weighted by Crippen LogP contribution is -2.38. The molecule has 0 aliphatic rings. The SMILES string of the molecule is COc1cc(C(C)NC(=O)C(F)(F)F)cc(OC)c1OC. The molecule has 0 bridgehead atoms. The minimum absolute atomic E-state index is 0.292. The number of halogens is 3. The molecule has 0 aliphatic heterocycles. The molecule has 1 atom stereocenters. The van der Waals surface area contributed by atoms with Crippen molar-refractivity contribution in [3.8, 4) is 17.2 Å². The average molecular weight is 307 g/mol. The van der Waals surface area contributed by atoms with Crippen LogP contribution in [0.5, 0.6) is 17.2 Å². The second-order valence-electron chi connectivity index (χ2n) is 4.15. The van der Waals surface area contributed by atoms with E-state index in [9.17, 15) is 18.0 Å². The van der Waals surface area contributed by atoms with Gasteiger partial charge in [0.1, 0.15) is 0 Å². The second-order valence-corrected chi connectivity index (χ2v) is 4.15. The highest BCUT2D eigenvalue weighted by Crippen LogP contribution is 2.39. The van der Waals surface area contributed by atoms with Gasteiger partial charge >= 0.3 is 12.1 Å². The maximum Gasteiger partial charge on any atom is 0.471 e. The monoisotopic (exact) mass is 307 g/mol. The smallest absolute Gasteiger partial charge is 0.471 e. The fraction of sp³-hybridized carbons (Fsp3) is 0.462. The van der Waals surface area contributed by atoms with Crippen LogP contribution in [0, 0.1) is 0 Å². The highest BCUT2D eigenvalue weighted by Gasteiger charge is 2.39. The molecule has 1 aromatic carbocycles. The maximum atomic E-state index is 12.3. The number of hydrogen-bond donors (Lipinski definition) is 1. The third kappa shape index (κ3) is 3.93. The zero-order valence-electron chi connectivity index (χ0n) is 12.0. The first kappa shape index (κ1) is 16.9. The number of ether oxygens (including phenoxy) is 3. The summed E-state index contributed by atoms with van der Waals surface area (Å²) >= 11 is 0. The minimum Gasteiger partial charge on any atom is -0.493 e. The number of amides is 1. The molecular formula is C13H16F3NO4. The molecule has 118 valence electrons. The van der Waals surface area contributed by atoms with E-state index < -0.39 is 18.1 Å². The van der Waals surface area contributed by atoms with E-state index in [0.717, 1.165) is 0 Å². The molecule has 5 nitrogen and oxygen atoms in total. The Hall–Kier alpha value is -2.12. The number of nitrogens with one attached hydrogen (secondary N) is 1. The molecule has 0 saturated carbocycles. The molecule has 1 amide bonds. The Morgan fingerprint density at radius 1 is 1.10 bits per heavy atom. The summed E-state index contributed by atoms with van der Waals surface area (Å²) in [6.07, 6.45) is -4.94. The van der Waals surface area contributed by atoms with Crippen molar-refractivity contribution in [3.05, 3.63) is 17.7 Å².